The summed E-state index contributed by atoms with van der Waals surface area (Å²) in [5.41, 5.74) is 1.34. The van der Waals surface area contributed by atoms with E-state index in [1.165, 1.54) is 0 Å². The number of hydrogen-bond acceptors (Lipinski definition) is 5. The van der Waals surface area contributed by atoms with Crippen LogP contribution in [0, 0.1) is 5.92 Å². The molecule has 0 saturated carbocycles. The highest BCUT2D eigenvalue weighted by Gasteiger charge is 2.38. The molecule has 0 aromatic heterocycles. The number of carbonyl (C=O) groups is 3. The first kappa shape index (κ1) is 22.7. The number of hydrogen-bond donors (Lipinski definition) is 1. The molecule has 6 nitrogen and oxygen atoms in total. The van der Waals surface area contributed by atoms with Crippen LogP contribution in [0.4, 0.5) is 4.79 Å². The van der Waals surface area contributed by atoms with Crippen LogP contribution in [0.1, 0.15) is 39.2 Å². The van der Waals surface area contributed by atoms with Crippen molar-refractivity contribution in [1.29, 1.82) is 0 Å². The molecular formula is C26H25NO5. The van der Waals surface area contributed by atoms with Gasteiger partial charge in [0.05, 0.1) is 19.8 Å². The molecule has 0 fully saturated rings. The van der Waals surface area contributed by atoms with Crippen molar-refractivity contribution in [2.45, 2.75) is 13.0 Å². The Balaban J connectivity index is 2.11. The highest BCUT2D eigenvalue weighted by Crippen LogP contribution is 2.30. The van der Waals surface area contributed by atoms with Gasteiger partial charge in [-0.15, -0.1) is 0 Å². The fourth-order valence-corrected chi connectivity index (χ4v) is 3.46. The predicted molar refractivity (Wildman–Crippen MR) is 121 cm³/mol. The molecular weight excluding hydrogens is 406 g/mol. The summed E-state index contributed by atoms with van der Waals surface area (Å²) in [5.74, 6) is -1.37. The highest BCUT2D eigenvalue weighted by atomic mass is 16.5. The topological polar surface area (TPSA) is 81.7 Å². The van der Waals surface area contributed by atoms with Crippen molar-refractivity contribution in [3.05, 3.63) is 102 Å². The minimum Gasteiger partial charge on any atom is -0.497 e. The van der Waals surface area contributed by atoms with Crippen LogP contribution in [0.15, 0.2) is 84.9 Å². The average Bonchev–Trinajstić information content (AvgIpc) is 2.84. The number of Topliss-reactive ketones (excluding diaryl/α,β-unsaturated/α-hetero) is 2. The van der Waals surface area contributed by atoms with Gasteiger partial charge in [0.2, 0.25) is 0 Å². The molecule has 0 aliphatic heterocycles. The predicted octanol–water partition coefficient (Wildman–Crippen LogP) is 4.86. The molecule has 0 aliphatic carbocycles. The van der Waals surface area contributed by atoms with Gasteiger partial charge in [-0.1, -0.05) is 72.8 Å². The maximum atomic E-state index is 13.6. The molecule has 0 bridgehead atoms. The van der Waals surface area contributed by atoms with Crippen LogP contribution >= 0.6 is 0 Å². The van der Waals surface area contributed by atoms with E-state index < -0.39 is 29.6 Å². The van der Waals surface area contributed by atoms with Gasteiger partial charge in [-0.3, -0.25) is 9.59 Å². The van der Waals surface area contributed by atoms with Gasteiger partial charge in [-0.05, 0) is 24.6 Å². The molecule has 3 aromatic rings. The summed E-state index contributed by atoms with van der Waals surface area (Å²) in [6.07, 6.45) is -0.708. The number of ketones is 2. The van der Waals surface area contributed by atoms with Gasteiger partial charge in [0, 0.05) is 11.1 Å². The molecule has 1 amide bonds. The molecule has 3 rings (SSSR count). The quantitative estimate of drug-likeness (QED) is 0.386. The van der Waals surface area contributed by atoms with Crippen molar-refractivity contribution in [2.75, 3.05) is 13.7 Å². The summed E-state index contributed by atoms with van der Waals surface area (Å²) >= 11 is 0. The van der Waals surface area contributed by atoms with Gasteiger partial charge >= 0.3 is 6.09 Å². The number of methoxy groups -OCH3 is 1. The first-order valence-electron chi connectivity index (χ1n) is 10.3. The maximum Gasteiger partial charge on any atom is 0.407 e. The molecule has 0 heterocycles. The number of ether oxygens (including phenoxy) is 2. The van der Waals surface area contributed by atoms with Gasteiger partial charge < -0.3 is 14.8 Å². The van der Waals surface area contributed by atoms with E-state index in [0.29, 0.717) is 22.4 Å². The van der Waals surface area contributed by atoms with Gasteiger partial charge in [-0.2, -0.15) is 0 Å². The lowest BCUT2D eigenvalue weighted by atomic mass is 9.81. The molecule has 0 spiro atoms. The van der Waals surface area contributed by atoms with Gasteiger partial charge in [0.1, 0.15) is 11.7 Å². The van der Waals surface area contributed by atoms with Crippen LogP contribution in [0.5, 0.6) is 5.75 Å². The van der Waals surface area contributed by atoms with Crippen LogP contribution in [-0.4, -0.2) is 31.4 Å². The van der Waals surface area contributed by atoms with Crippen LogP contribution < -0.4 is 10.1 Å². The van der Waals surface area contributed by atoms with E-state index in [1.807, 2.05) is 0 Å². The molecule has 1 N–H and O–H groups in total. The third-order valence-corrected chi connectivity index (χ3v) is 5.04. The molecule has 6 heteroatoms. The number of nitrogens with one attached hydrogen (secondary N) is 1. The van der Waals surface area contributed by atoms with E-state index in [2.05, 4.69) is 5.32 Å². The second-order valence-corrected chi connectivity index (χ2v) is 7.05. The zero-order valence-corrected chi connectivity index (χ0v) is 18.0. The molecule has 3 aromatic carbocycles. The monoisotopic (exact) mass is 431 g/mol. The lowest BCUT2D eigenvalue weighted by Gasteiger charge is -2.27. The third-order valence-electron chi connectivity index (χ3n) is 5.04. The van der Waals surface area contributed by atoms with Crippen LogP contribution in [0.2, 0.25) is 0 Å². The zero-order valence-electron chi connectivity index (χ0n) is 18.0. The van der Waals surface area contributed by atoms with Gasteiger partial charge in [-0.25, -0.2) is 4.79 Å². The van der Waals surface area contributed by atoms with Crippen molar-refractivity contribution in [3.63, 3.8) is 0 Å². The van der Waals surface area contributed by atoms with Crippen LogP contribution in [0.25, 0.3) is 0 Å². The SMILES string of the molecule is CCOC(=O)N[C@H](c1ccc(OC)cc1)C(C(=O)c1ccccc1)C(=O)c1ccccc1. The van der Waals surface area contributed by atoms with Crippen LogP contribution in [-0.2, 0) is 4.74 Å². The fraction of sp³-hybridized carbons (Fsp3) is 0.192. The largest absolute Gasteiger partial charge is 0.497 e. The van der Waals surface area contributed by atoms with Gasteiger partial charge in [0.25, 0.3) is 0 Å². The number of rotatable bonds is 9. The highest BCUT2D eigenvalue weighted by molar-refractivity contribution is 6.16. The molecule has 0 radical (unpaired) electrons. The van der Waals surface area contributed by atoms with E-state index in [0.717, 1.165) is 0 Å². The molecule has 0 aliphatic rings. The van der Waals surface area contributed by atoms with E-state index in [1.54, 1.807) is 99.0 Å². The van der Waals surface area contributed by atoms with Gasteiger partial charge in [0.15, 0.2) is 11.6 Å². The maximum absolute atomic E-state index is 13.6. The standard InChI is InChI=1S/C26H25NO5/c1-3-32-26(30)27-23(18-14-16-21(31-2)17-15-18)22(24(28)19-10-6-4-7-11-19)25(29)20-12-8-5-9-13-20/h4-17,22-23H,3H2,1-2H3,(H,27,30)/t23-/m1/s1. The Kier molecular flexibility index (Phi) is 7.75. The van der Waals surface area contributed by atoms with Crippen molar-refractivity contribution in [1.82, 2.24) is 5.32 Å². The summed E-state index contributed by atoms with van der Waals surface area (Å²) in [6.45, 7) is 1.84. The Labute approximate surface area is 187 Å². The zero-order chi connectivity index (χ0) is 22.9. The van der Waals surface area contributed by atoms with E-state index in [-0.39, 0.29) is 6.61 Å². The fourth-order valence-electron chi connectivity index (χ4n) is 3.46. The second kappa shape index (κ2) is 10.9. The number of benzene rings is 3. The van der Waals surface area contributed by atoms with Crippen molar-refractivity contribution in [2.24, 2.45) is 5.92 Å². The summed E-state index contributed by atoms with van der Waals surface area (Å²) in [5, 5.41) is 2.73. The smallest absolute Gasteiger partial charge is 0.407 e. The first-order chi connectivity index (χ1) is 15.5. The van der Waals surface area contributed by atoms with Crippen LogP contribution in [0.3, 0.4) is 0 Å². The third kappa shape index (κ3) is 5.40. The molecule has 0 saturated heterocycles. The Morgan fingerprint density at radius 2 is 1.28 bits per heavy atom. The summed E-state index contributed by atoms with van der Waals surface area (Å²) in [4.78, 5) is 39.6. The normalized spacial score (nSPS) is 11.5. The lowest BCUT2D eigenvalue weighted by Crippen LogP contribution is -2.41. The Hall–Kier alpha value is -3.93. The molecule has 1 atom stereocenters. The minimum absolute atomic E-state index is 0.158. The summed E-state index contributed by atoms with van der Waals surface area (Å²) in [7, 11) is 1.55. The number of alkyl carbamates (subject to hydrolysis) is 1. The average molecular weight is 431 g/mol. The number of amides is 1. The Morgan fingerprint density at radius 1 is 0.781 bits per heavy atom. The summed E-state index contributed by atoms with van der Waals surface area (Å²) in [6, 6.07) is 23.1. The first-order valence-corrected chi connectivity index (χ1v) is 10.3. The van der Waals surface area contributed by atoms with Crippen molar-refractivity contribution < 1.29 is 23.9 Å². The minimum atomic E-state index is -1.20. The van der Waals surface area contributed by atoms with E-state index in [9.17, 15) is 14.4 Å². The van der Waals surface area contributed by atoms with E-state index in [4.69, 9.17) is 9.47 Å². The molecule has 32 heavy (non-hydrogen) atoms. The molecule has 164 valence electrons. The second-order valence-electron chi connectivity index (χ2n) is 7.05. The lowest BCUT2D eigenvalue weighted by molar-refractivity contribution is 0.0765. The number of carbonyl (C=O) groups excluding carboxylic acids is 3. The van der Waals surface area contributed by atoms with Crippen molar-refractivity contribution >= 4 is 17.7 Å². The molecule has 0 unspecified atom stereocenters. The van der Waals surface area contributed by atoms with Crippen molar-refractivity contribution in [3.8, 4) is 5.75 Å². The van der Waals surface area contributed by atoms with E-state index >= 15 is 0 Å². The Bertz CT molecular complexity index is 997. The Morgan fingerprint density at radius 3 is 1.72 bits per heavy atom. The summed E-state index contributed by atoms with van der Waals surface area (Å²) < 4.78 is 10.3.